The van der Waals surface area contributed by atoms with Crippen LogP contribution in [0.1, 0.15) is 70.4 Å². The van der Waals surface area contributed by atoms with Crippen molar-refractivity contribution in [2.24, 2.45) is 10.8 Å². The second-order valence-corrected chi connectivity index (χ2v) is 12.5. The van der Waals surface area contributed by atoms with Crippen LogP contribution in [0.2, 0.25) is 0 Å². The molecule has 3 aliphatic rings. The lowest BCUT2D eigenvalue weighted by molar-refractivity contribution is -0.119. The van der Waals surface area contributed by atoms with Crippen molar-refractivity contribution in [3.8, 4) is 5.75 Å². The number of hydrogen-bond donors (Lipinski definition) is 0. The molecule has 2 aromatic rings. The van der Waals surface area contributed by atoms with Gasteiger partial charge in [-0.1, -0.05) is 76.2 Å². The van der Waals surface area contributed by atoms with Gasteiger partial charge in [0.05, 0.1) is 6.61 Å². The Morgan fingerprint density at radius 3 is 1.92 bits per heavy atom. The standard InChI is InChI=1S/C33H39NO4/c1-32(2)17-24-30(26(35)19-32)29(23-13-9-10-14-28(23)38-21-22-11-7-6-8-12-22)31-25(34(24)15-16-37-5)18-33(3,4)20-27(31)36/h6-14,29H,15-21H2,1-5H3. The third-order valence-electron chi connectivity index (χ3n) is 8.01. The fraction of sp³-hybridized carbons (Fsp3) is 0.455. The normalized spacial score (nSPS) is 20.9. The Balaban J connectivity index is 1.68. The first-order valence-electron chi connectivity index (χ1n) is 13.6. The minimum atomic E-state index is -0.419. The molecule has 0 atom stereocenters. The molecule has 0 radical (unpaired) electrons. The Morgan fingerprint density at radius 1 is 0.789 bits per heavy atom. The smallest absolute Gasteiger partial charge is 0.162 e. The second kappa shape index (κ2) is 10.2. The number of para-hydroxylation sites is 1. The first kappa shape index (κ1) is 26.4. The quantitative estimate of drug-likeness (QED) is 0.418. The number of Topliss-reactive ketones (excluding diaryl/α,β-unsaturated/α-hetero) is 2. The molecule has 200 valence electrons. The summed E-state index contributed by atoms with van der Waals surface area (Å²) < 4.78 is 11.9. The van der Waals surface area contributed by atoms with Crippen LogP contribution in [0, 0.1) is 10.8 Å². The van der Waals surface area contributed by atoms with Crippen molar-refractivity contribution in [1.29, 1.82) is 0 Å². The average Bonchev–Trinajstić information content (AvgIpc) is 2.85. The topological polar surface area (TPSA) is 55.8 Å². The molecule has 1 heterocycles. The Morgan fingerprint density at radius 2 is 1.34 bits per heavy atom. The highest BCUT2D eigenvalue weighted by molar-refractivity contribution is 6.07. The van der Waals surface area contributed by atoms with E-state index < -0.39 is 5.92 Å². The van der Waals surface area contributed by atoms with Gasteiger partial charge in [0.25, 0.3) is 0 Å². The highest BCUT2D eigenvalue weighted by atomic mass is 16.5. The molecule has 1 aliphatic heterocycles. The summed E-state index contributed by atoms with van der Waals surface area (Å²) in [4.78, 5) is 30.2. The third kappa shape index (κ3) is 5.09. The fourth-order valence-electron chi connectivity index (χ4n) is 6.40. The van der Waals surface area contributed by atoms with E-state index in [-0.39, 0.29) is 22.4 Å². The molecule has 0 bridgehead atoms. The van der Waals surface area contributed by atoms with E-state index in [2.05, 4.69) is 32.6 Å². The number of ether oxygens (including phenoxy) is 2. The van der Waals surface area contributed by atoms with Crippen LogP contribution in [0.25, 0.3) is 0 Å². The molecule has 5 rings (SSSR count). The third-order valence-corrected chi connectivity index (χ3v) is 8.01. The van der Waals surface area contributed by atoms with E-state index >= 15 is 0 Å². The van der Waals surface area contributed by atoms with E-state index in [1.54, 1.807) is 7.11 Å². The lowest BCUT2D eigenvalue weighted by Gasteiger charge is -2.49. The molecule has 0 fully saturated rings. The van der Waals surface area contributed by atoms with Crippen LogP contribution in [-0.2, 0) is 20.9 Å². The summed E-state index contributed by atoms with van der Waals surface area (Å²) in [5.74, 6) is 0.565. The number of rotatable bonds is 7. The van der Waals surface area contributed by atoms with Crippen molar-refractivity contribution >= 4 is 11.6 Å². The number of ketones is 2. The van der Waals surface area contributed by atoms with E-state index in [4.69, 9.17) is 9.47 Å². The maximum Gasteiger partial charge on any atom is 0.162 e. The summed E-state index contributed by atoms with van der Waals surface area (Å²) in [5, 5.41) is 0. The van der Waals surface area contributed by atoms with Crippen LogP contribution in [0.5, 0.6) is 5.75 Å². The summed E-state index contributed by atoms with van der Waals surface area (Å²) in [5.41, 5.74) is 5.30. The first-order chi connectivity index (χ1) is 18.1. The van der Waals surface area contributed by atoms with Crippen LogP contribution in [-0.4, -0.2) is 36.7 Å². The number of carbonyl (C=O) groups excluding carboxylic acids is 2. The van der Waals surface area contributed by atoms with Crippen molar-refractivity contribution in [3.63, 3.8) is 0 Å². The highest BCUT2D eigenvalue weighted by Crippen LogP contribution is 2.55. The molecule has 0 N–H and O–H groups in total. The number of carbonyl (C=O) groups is 2. The van der Waals surface area contributed by atoms with E-state index in [1.807, 2.05) is 54.6 Å². The molecular formula is C33H39NO4. The van der Waals surface area contributed by atoms with Crippen LogP contribution in [0.3, 0.4) is 0 Å². The number of allylic oxidation sites excluding steroid dienone is 4. The zero-order valence-electron chi connectivity index (χ0n) is 23.3. The monoisotopic (exact) mass is 513 g/mol. The summed E-state index contributed by atoms with van der Waals surface area (Å²) in [6.45, 7) is 10.2. The van der Waals surface area contributed by atoms with E-state index in [0.29, 0.717) is 32.6 Å². The number of methoxy groups -OCH3 is 1. The summed E-state index contributed by atoms with van der Waals surface area (Å²) in [7, 11) is 1.70. The molecule has 0 saturated carbocycles. The molecule has 0 unspecified atom stereocenters. The van der Waals surface area contributed by atoms with Gasteiger partial charge in [-0.15, -0.1) is 0 Å². The largest absolute Gasteiger partial charge is 0.489 e. The van der Waals surface area contributed by atoms with Gasteiger partial charge in [0.15, 0.2) is 11.6 Å². The summed E-state index contributed by atoms with van der Waals surface area (Å²) in [6.07, 6.45) is 2.50. The molecule has 5 heteroatoms. The van der Waals surface area contributed by atoms with E-state index in [9.17, 15) is 9.59 Å². The Hall–Kier alpha value is -3.18. The Labute approximate surface area is 226 Å². The van der Waals surface area contributed by atoms with E-state index in [0.717, 1.165) is 52.3 Å². The first-order valence-corrected chi connectivity index (χ1v) is 13.6. The Bertz CT molecular complexity index is 1250. The van der Waals surface area contributed by atoms with Gasteiger partial charge in [0.1, 0.15) is 12.4 Å². The van der Waals surface area contributed by atoms with Gasteiger partial charge in [-0.25, -0.2) is 0 Å². The maximum atomic E-state index is 14.0. The van der Waals surface area contributed by atoms with Crippen molar-refractivity contribution in [2.45, 2.75) is 65.9 Å². The van der Waals surface area contributed by atoms with Gasteiger partial charge in [-0.05, 0) is 35.3 Å². The van der Waals surface area contributed by atoms with Crippen molar-refractivity contribution < 1.29 is 19.1 Å². The second-order valence-electron chi connectivity index (χ2n) is 12.5. The summed E-state index contributed by atoms with van der Waals surface area (Å²) >= 11 is 0. The average molecular weight is 514 g/mol. The van der Waals surface area contributed by atoms with Gasteiger partial charge in [0.2, 0.25) is 0 Å². The van der Waals surface area contributed by atoms with Gasteiger partial charge in [-0.3, -0.25) is 9.59 Å². The molecule has 38 heavy (non-hydrogen) atoms. The van der Waals surface area contributed by atoms with Gasteiger partial charge >= 0.3 is 0 Å². The van der Waals surface area contributed by atoms with Gasteiger partial charge in [-0.2, -0.15) is 0 Å². The molecular weight excluding hydrogens is 474 g/mol. The molecule has 0 amide bonds. The van der Waals surface area contributed by atoms with Crippen LogP contribution < -0.4 is 4.74 Å². The predicted octanol–water partition coefficient (Wildman–Crippen LogP) is 6.60. The molecule has 2 aromatic carbocycles. The van der Waals surface area contributed by atoms with Crippen molar-refractivity contribution in [1.82, 2.24) is 4.90 Å². The number of nitrogens with zero attached hydrogens (tertiary/aromatic N) is 1. The zero-order chi connectivity index (χ0) is 27.1. The number of benzene rings is 2. The lowest BCUT2D eigenvalue weighted by Crippen LogP contribution is -2.45. The van der Waals surface area contributed by atoms with Crippen molar-refractivity contribution in [2.75, 3.05) is 20.3 Å². The molecule has 0 saturated heterocycles. The molecule has 0 aromatic heterocycles. The van der Waals surface area contributed by atoms with Gasteiger partial charge < -0.3 is 14.4 Å². The van der Waals surface area contributed by atoms with Crippen molar-refractivity contribution in [3.05, 3.63) is 88.3 Å². The van der Waals surface area contributed by atoms with Crippen LogP contribution in [0.4, 0.5) is 0 Å². The minimum absolute atomic E-state index is 0.130. The fourth-order valence-corrected chi connectivity index (χ4v) is 6.40. The number of hydrogen-bond acceptors (Lipinski definition) is 5. The maximum absolute atomic E-state index is 14.0. The Kier molecular flexibility index (Phi) is 7.08. The summed E-state index contributed by atoms with van der Waals surface area (Å²) in [6, 6.07) is 18.0. The SMILES string of the molecule is COCCN1C2=C(C(=O)CC(C)(C)C2)C(c2ccccc2OCc2ccccc2)C2=C1CC(C)(C)CC2=O. The van der Waals surface area contributed by atoms with Gasteiger partial charge in [0, 0.05) is 60.5 Å². The van der Waals surface area contributed by atoms with Crippen LogP contribution >= 0.6 is 0 Å². The zero-order valence-corrected chi connectivity index (χ0v) is 23.3. The minimum Gasteiger partial charge on any atom is -0.489 e. The highest BCUT2D eigenvalue weighted by Gasteiger charge is 2.49. The molecule has 0 spiro atoms. The predicted molar refractivity (Wildman–Crippen MR) is 149 cm³/mol. The lowest BCUT2D eigenvalue weighted by atomic mass is 9.63. The van der Waals surface area contributed by atoms with Crippen LogP contribution in [0.15, 0.2) is 77.1 Å². The molecule has 2 aliphatic carbocycles. The molecule has 5 nitrogen and oxygen atoms in total. The van der Waals surface area contributed by atoms with E-state index in [1.165, 1.54) is 0 Å².